The fraction of sp³-hybridized carbons (Fsp3) is 0.500. The maximum absolute atomic E-state index is 12.6. The number of aryl methyl sites for hydroxylation is 1. The van der Waals surface area contributed by atoms with E-state index in [0.717, 1.165) is 16.9 Å². The summed E-state index contributed by atoms with van der Waals surface area (Å²) in [6.07, 6.45) is 7.86. The van der Waals surface area contributed by atoms with Crippen molar-refractivity contribution in [2.24, 2.45) is 7.05 Å². The second kappa shape index (κ2) is 8.25. The SMILES string of the molecule is CC(C)n1cnc2c(Nc3cnn(C)c3)nc(C3=CCCN(C(=O)OC(C)(C)C)C3)nc21. The number of aromatic nitrogens is 6. The van der Waals surface area contributed by atoms with E-state index in [-0.39, 0.29) is 12.1 Å². The second-order valence-electron chi connectivity index (χ2n) is 9.26. The molecule has 32 heavy (non-hydrogen) atoms. The third-order valence-corrected chi connectivity index (χ3v) is 5.04. The Morgan fingerprint density at radius 2 is 2.03 bits per heavy atom. The van der Waals surface area contributed by atoms with Gasteiger partial charge >= 0.3 is 6.09 Å². The van der Waals surface area contributed by atoms with Crippen LogP contribution in [0.25, 0.3) is 16.7 Å². The molecule has 10 heteroatoms. The van der Waals surface area contributed by atoms with Crippen molar-refractivity contribution < 1.29 is 9.53 Å². The number of imidazole rings is 1. The zero-order valence-electron chi connectivity index (χ0n) is 19.5. The number of nitrogens with zero attached hydrogens (tertiary/aromatic N) is 7. The van der Waals surface area contributed by atoms with Crippen LogP contribution < -0.4 is 5.32 Å². The number of carbonyl (C=O) groups is 1. The molecule has 0 fully saturated rings. The lowest BCUT2D eigenvalue weighted by Crippen LogP contribution is -2.39. The average Bonchev–Trinajstić information content (AvgIpc) is 3.33. The number of hydrogen-bond acceptors (Lipinski definition) is 7. The normalized spacial score (nSPS) is 14.7. The van der Waals surface area contributed by atoms with E-state index < -0.39 is 5.60 Å². The van der Waals surface area contributed by atoms with Gasteiger partial charge in [0, 0.05) is 31.4 Å². The molecule has 0 atom stereocenters. The Morgan fingerprint density at radius 1 is 1.25 bits per heavy atom. The highest BCUT2D eigenvalue weighted by atomic mass is 16.6. The topological polar surface area (TPSA) is 103 Å². The summed E-state index contributed by atoms with van der Waals surface area (Å²) in [5.74, 6) is 1.17. The molecule has 0 bridgehead atoms. The molecule has 0 spiro atoms. The molecule has 1 aliphatic heterocycles. The van der Waals surface area contributed by atoms with Crippen LogP contribution in [0, 0.1) is 0 Å². The lowest BCUT2D eigenvalue weighted by atomic mass is 10.1. The molecule has 3 aromatic heterocycles. The van der Waals surface area contributed by atoms with Crippen molar-refractivity contribution in [3.05, 3.63) is 30.6 Å². The number of nitrogens with one attached hydrogen (secondary N) is 1. The predicted molar refractivity (Wildman–Crippen MR) is 123 cm³/mol. The highest BCUT2D eigenvalue weighted by Gasteiger charge is 2.26. The number of ether oxygens (including phenoxy) is 1. The average molecular weight is 439 g/mol. The van der Waals surface area contributed by atoms with Gasteiger partial charge in [0.15, 0.2) is 22.8 Å². The second-order valence-corrected chi connectivity index (χ2v) is 9.26. The van der Waals surface area contributed by atoms with Crippen molar-refractivity contribution in [2.45, 2.75) is 52.7 Å². The van der Waals surface area contributed by atoms with Gasteiger partial charge < -0.3 is 19.5 Å². The molecular formula is C22H30N8O2. The van der Waals surface area contributed by atoms with E-state index >= 15 is 0 Å². The largest absolute Gasteiger partial charge is 0.444 e. The molecular weight excluding hydrogens is 408 g/mol. The lowest BCUT2D eigenvalue weighted by molar-refractivity contribution is 0.0273. The standard InChI is InChI=1S/C22H30N8O2/c1-14(2)30-13-23-17-19(25-16-10-24-28(6)12-16)26-18(27-20(17)30)15-8-7-9-29(11-15)21(31)32-22(3,4)5/h8,10,12-14H,7,9,11H2,1-6H3,(H,25,26,27). The van der Waals surface area contributed by atoms with Crippen LogP contribution in [0.2, 0.25) is 0 Å². The van der Waals surface area contributed by atoms with Gasteiger partial charge in [0.1, 0.15) is 5.60 Å². The zero-order chi connectivity index (χ0) is 23.0. The summed E-state index contributed by atoms with van der Waals surface area (Å²) >= 11 is 0. The Kier molecular flexibility index (Phi) is 5.62. The van der Waals surface area contributed by atoms with Gasteiger partial charge in [0.25, 0.3) is 0 Å². The van der Waals surface area contributed by atoms with Gasteiger partial charge in [-0.3, -0.25) is 4.68 Å². The van der Waals surface area contributed by atoms with Gasteiger partial charge in [-0.1, -0.05) is 6.08 Å². The zero-order valence-corrected chi connectivity index (χ0v) is 19.5. The molecule has 0 aliphatic carbocycles. The van der Waals surface area contributed by atoms with Crippen LogP contribution in [0.4, 0.5) is 16.3 Å². The molecule has 0 saturated heterocycles. The molecule has 1 amide bonds. The van der Waals surface area contributed by atoms with Gasteiger partial charge in [0.05, 0.1) is 24.8 Å². The first-order valence-electron chi connectivity index (χ1n) is 10.8. The lowest BCUT2D eigenvalue weighted by Gasteiger charge is -2.30. The van der Waals surface area contributed by atoms with Crippen LogP contribution in [0.15, 0.2) is 24.8 Å². The van der Waals surface area contributed by atoms with E-state index in [2.05, 4.69) is 35.3 Å². The molecule has 1 aliphatic rings. The first kappa shape index (κ1) is 21.8. The molecule has 170 valence electrons. The minimum absolute atomic E-state index is 0.188. The summed E-state index contributed by atoms with van der Waals surface area (Å²) in [7, 11) is 1.86. The van der Waals surface area contributed by atoms with E-state index in [1.807, 2.05) is 38.6 Å². The molecule has 0 radical (unpaired) electrons. The number of fused-ring (bicyclic) bond motifs is 1. The Hall–Kier alpha value is -3.43. The van der Waals surface area contributed by atoms with Crippen molar-refractivity contribution in [3.8, 4) is 0 Å². The van der Waals surface area contributed by atoms with Crippen LogP contribution in [-0.2, 0) is 11.8 Å². The van der Waals surface area contributed by atoms with Gasteiger partial charge in [-0.15, -0.1) is 0 Å². The molecule has 4 heterocycles. The van der Waals surface area contributed by atoms with Gasteiger partial charge in [-0.25, -0.2) is 19.7 Å². The number of anilines is 2. The molecule has 0 unspecified atom stereocenters. The van der Waals surface area contributed by atoms with Crippen molar-refractivity contribution in [1.29, 1.82) is 0 Å². The summed E-state index contributed by atoms with van der Waals surface area (Å²) in [6, 6.07) is 0.188. The van der Waals surface area contributed by atoms with E-state index in [1.54, 1.807) is 22.1 Å². The van der Waals surface area contributed by atoms with Crippen LogP contribution >= 0.6 is 0 Å². The van der Waals surface area contributed by atoms with Gasteiger partial charge in [-0.2, -0.15) is 5.10 Å². The number of amides is 1. The molecule has 1 N–H and O–H groups in total. The van der Waals surface area contributed by atoms with Crippen LogP contribution in [0.5, 0.6) is 0 Å². The fourth-order valence-corrected chi connectivity index (χ4v) is 3.54. The van der Waals surface area contributed by atoms with Crippen LogP contribution in [-0.4, -0.2) is 59.0 Å². The molecule has 0 saturated carbocycles. The van der Waals surface area contributed by atoms with Crippen molar-refractivity contribution in [2.75, 3.05) is 18.4 Å². The maximum Gasteiger partial charge on any atom is 0.410 e. The monoisotopic (exact) mass is 438 g/mol. The molecule has 10 nitrogen and oxygen atoms in total. The molecule has 4 rings (SSSR count). The van der Waals surface area contributed by atoms with Gasteiger partial charge in [-0.05, 0) is 41.0 Å². The first-order valence-corrected chi connectivity index (χ1v) is 10.8. The Labute approximate surface area is 187 Å². The Balaban J connectivity index is 1.71. The molecule has 3 aromatic rings. The Bertz CT molecular complexity index is 1170. The van der Waals surface area contributed by atoms with Crippen LogP contribution in [0.1, 0.15) is 52.9 Å². The molecule has 0 aromatic carbocycles. The minimum Gasteiger partial charge on any atom is -0.444 e. The summed E-state index contributed by atoms with van der Waals surface area (Å²) in [6.45, 7) is 10.8. The smallest absolute Gasteiger partial charge is 0.410 e. The summed E-state index contributed by atoms with van der Waals surface area (Å²) in [4.78, 5) is 28.5. The van der Waals surface area contributed by atoms with Gasteiger partial charge in [0.2, 0.25) is 0 Å². The van der Waals surface area contributed by atoms with Crippen molar-refractivity contribution in [3.63, 3.8) is 0 Å². The maximum atomic E-state index is 12.6. The van der Waals surface area contributed by atoms with E-state index in [9.17, 15) is 4.79 Å². The highest BCUT2D eigenvalue weighted by Crippen LogP contribution is 2.28. The summed E-state index contributed by atoms with van der Waals surface area (Å²) in [5.41, 5.74) is 2.58. The third kappa shape index (κ3) is 4.58. The van der Waals surface area contributed by atoms with Crippen molar-refractivity contribution in [1.82, 2.24) is 34.2 Å². The number of rotatable bonds is 4. The quantitative estimate of drug-likeness (QED) is 0.659. The third-order valence-electron chi connectivity index (χ3n) is 5.04. The predicted octanol–water partition coefficient (Wildman–Crippen LogP) is 3.91. The number of carbonyl (C=O) groups excluding carboxylic acids is 1. The Morgan fingerprint density at radius 3 is 2.69 bits per heavy atom. The van der Waals surface area contributed by atoms with E-state index in [4.69, 9.17) is 14.7 Å². The van der Waals surface area contributed by atoms with Crippen molar-refractivity contribution >= 4 is 34.3 Å². The number of hydrogen-bond donors (Lipinski definition) is 1. The highest BCUT2D eigenvalue weighted by molar-refractivity contribution is 5.87. The fourth-order valence-electron chi connectivity index (χ4n) is 3.54. The first-order chi connectivity index (χ1) is 15.1. The van der Waals surface area contributed by atoms with Crippen LogP contribution in [0.3, 0.4) is 0 Å². The summed E-state index contributed by atoms with van der Waals surface area (Å²) < 4.78 is 9.29. The summed E-state index contributed by atoms with van der Waals surface area (Å²) in [5, 5.41) is 7.53. The van der Waals surface area contributed by atoms with E-state index in [1.165, 1.54) is 0 Å². The minimum atomic E-state index is -0.543. The van der Waals surface area contributed by atoms with E-state index in [0.29, 0.717) is 36.7 Å².